The van der Waals surface area contributed by atoms with E-state index in [2.05, 4.69) is 189 Å². The van der Waals surface area contributed by atoms with Gasteiger partial charge in [-0.25, -0.2) is 0 Å². The first-order valence-corrected chi connectivity index (χ1v) is 27.0. The van der Waals surface area contributed by atoms with Gasteiger partial charge in [-0.2, -0.15) is 0 Å². The monoisotopic (exact) mass is 993 g/mol. The molecule has 0 fully saturated rings. The van der Waals surface area contributed by atoms with Crippen molar-refractivity contribution in [2.24, 2.45) is 0 Å². The molecule has 0 bridgehead atoms. The second-order valence-corrected chi connectivity index (χ2v) is 26.5. The molecule has 1 radical (unpaired) electrons. The Bertz CT molecular complexity index is 2800. The molecular weight excluding hydrogens is 945 g/mol. The fraction of sp³-hybridized carbons (Fsp3) is 0.132. The van der Waals surface area contributed by atoms with E-state index in [0.29, 0.717) is 5.92 Å². The Morgan fingerprint density at radius 1 is 0.569 bits per heavy atom. The number of rotatable bonds is 7. The third-order valence-electron chi connectivity index (χ3n) is 10.6. The van der Waals surface area contributed by atoms with E-state index in [0.717, 1.165) is 50.0 Å². The molecule has 0 saturated carbocycles. The Balaban J connectivity index is 0.000000187. The maximum Gasteiger partial charge on any atom is 0 e. The Morgan fingerprint density at radius 2 is 1.17 bits per heavy atom. The van der Waals surface area contributed by atoms with Crippen LogP contribution in [0.15, 0.2) is 168 Å². The molecular formula is C53H46GeIrN2O-2. The van der Waals surface area contributed by atoms with Crippen molar-refractivity contribution in [2.75, 3.05) is 0 Å². The SMILES string of the molecule is CC(C)c1ccnc(-c2[c-]ccc3c2oc2cc(-c4ccc(-c5ccccc5)cc4)ccc23)c1.Cc1cc(-c2[c-]ccc(-c3ccccc3)c2)nc[c]1[Ge]([CH3])([CH3])[CH3].[Ir]. The third kappa shape index (κ3) is 8.85. The maximum atomic E-state index is 6.42. The zero-order chi connectivity index (χ0) is 39.5. The van der Waals surface area contributed by atoms with Gasteiger partial charge in [-0.05, 0) is 46.0 Å². The molecule has 5 heteroatoms. The molecule has 0 unspecified atom stereocenters. The van der Waals surface area contributed by atoms with E-state index in [1.807, 2.05) is 30.5 Å². The number of fused-ring (bicyclic) bond motifs is 3. The topological polar surface area (TPSA) is 38.9 Å². The second kappa shape index (κ2) is 17.6. The molecule has 6 aromatic carbocycles. The fourth-order valence-electron chi connectivity index (χ4n) is 7.45. The van der Waals surface area contributed by atoms with Crippen molar-refractivity contribution in [1.29, 1.82) is 0 Å². The van der Waals surface area contributed by atoms with Crippen LogP contribution in [-0.2, 0) is 20.1 Å². The van der Waals surface area contributed by atoms with Crippen LogP contribution in [0.3, 0.4) is 0 Å². The molecule has 0 atom stereocenters. The minimum absolute atomic E-state index is 0. The van der Waals surface area contributed by atoms with Gasteiger partial charge in [0.2, 0.25) is 0 Å². The van der Waals surface area contributed by atoms with Crippen LogP contribution in [0.25, 0.3) is 77.8 Å². The maximum absolute atomic E-state index is 6.42. The van der Waals surface area contributed by atoms with E-state index in [-0.39, 0.29) is 20.1 Å². The second-order valence-electron chi connectivity index (χ2n) is 16.0. The van der Waals surface area contributed by atoms with Crippen LogP contribution in [-0.4, -0.2) is 23.2 Å². The van der Waals surface area contributed by atoms with Crippen molar-refractivity contribution in [3.8, 4) is 55.9 Å². The molecule has 9 rings (SSSR count). The minimum atomic E-state index is -1.85. The summed E-state index contributed by atoms with van der Waals surface area (Å²) in [6, 6.07) is 59.5. The fourth-order valence-corrected chi connectivity index (χ4v) is 11.0. The van der Waals surface area contributed by atoms with E-state index in [4.69, 9.17) is 9.40 Å². The van der Waals surface area contributed by atoms with Gasteiger partial charge in [0.25, 0.3) is 0 Å². The van der Waals surface area contributed by atoms with Crippen LogP contribution in [0.1, 0.15) is 30.9 Å². The molecule has 3 heterocycles. The molecule has 3 nitrogen and oxygen atoms in total. The molecule has 58 heavy (non-hydrogen) atoms. The Kier molecular flexibility index (Phi) is 12.4. The molecule has 9 aromatic rings. The summed E-state index contributed by atoms with van der Waals surface area (Å²) in [5.41, 5.74) is 15.4. The van der Waals surface area contributed by atoms with E-state index in [9.17, 15) is 0 Å². The van der Waals surface area contributed by atoms with E-state index >= 15 is 0 Å². The van der Waals surface area contributed by atoms with Crippen molar-refractivity contribution in [1.82, 2.24) is 9.97 Å². The van der Waals surface area contributed by atoms with E-state index < -0.39 is 13.3 Å². The normalized spacial score (nSPS) is 11.3. The molecule has 3 aromatic heterocycles. The van der Waals surface area contributed by atoms with Gasteiger partial charge in [0, 0.05) is 31.7 Å². The number of aryl methyl sites for hydroxylation is 1. The molecule has 0 aliphatic rings. The van der Waals surface area contributed by atoms with E-state index in [1.54, 1.807) is 0 Å². The standard InChI is InChI=1S/C32H24NO.C21H22GeN.Ir/c1-21(2)25-17-18-33-30(19-25)29-10-6-9-28-27-16-15-26(20-31(27)34-32(28)29)24-13-11-23(12-14-24)22-7-4-3-5-8-22;1-16-13-21(23-15-20(16)22(2,3)4)19-12-8-11-18(14-19)17-9-6-5-7-10-17;/h3-9,11-21H,1-2H3;5-11,13-15H,1-4H3;/q2*-1;. The van der Waals surface area contributed by atoms with Crippen LogP contribution in [0.2, 0.25) is 17.3 Å². The van der Waals surface area contributed by atoms with Crippen molar-refractivity contribution in [3.63, 3.8) is 0 Å². The van der Waals surface area contributed by atoms with Gasteiger partial charge in [-0.3, -0.25) is 0 Å². The van der Waals surface area contributed by atoms with Crippen LogP contribution in [0.4, 0.5) is 0 Å². The third-order valence-corrected chi connectivity index (χ3v) is 15.1. The summed E-state index contributed by atoms with van der Waals surface area (Å²) in [6.07, 6.45) is 3.96. The number of hydrogen-bond donors (Lipinski definition) is 0. The van der Waals surface area contributed by atoms with Crippen LogP contribution in [0, 0.1) is 19.1 Å². The zero-order valence-corrected chi connectivity index (χ0v) is 38.3. The number of pyridine rings is 2. The largest absolute Gasteiger partial charge is 0 e. The number of hydrogen-bond acceptors (Lipinski definition) is 3. The van der Waals surface area contributed by atoms with Gasteiger partial charge >= 0.3 is 142 Å². The molecule has 289 valence electrons. The summed E-state index contributed by atoms with van der Waals surface area (Å²) < 4.78 is 7.90. The van der Waals surface area contributed by atoms with Crippen molar-refractivity contribution < 1.29 is 24.5 Å². The summed E-state index contributed by atoms with van der Waals surface area (Å²) in [5.74, 6) is 7.66. The first kappa shape index (κ1) is 40.8. The smallest absolute Gasteiger partial charge is 0 e. The van der Waals surface area contributed by atoms with Crippen LogP contribution < -0.4 is 4.40 Å². The number of aromatic nitrogens is 2. The average Bonchev–Trinajstić information content (AvgIpc) is 3.62. The predicted octanol–water partition coefficient (Wildman–Crippen LogP) is 14.0. The Hall–Kier alpha value is -5.39. The first-order chi connectivity index (χ1) is 27.6. The number of nitrogens with zero attached hydrogens (tertiary/aromatic N) is 2. The summed E-state index contributed by atoms with van der Waals surface area (Å²) >= 11 is -1.85. The Morgan fingerprint density at radius 3 is 1.83 bits per heavy atom. The summed E-state index contributed by atoms with van der Waals surface area (Å²) in [4.78, 5) is 9.35. The van der Waals surface area contributed by atoms with E-state index in [1.165, 1.54) is 43.3 Å². The van der Waals surface area contributed by atoms with Gasteiger partial charge in [-0.1, -0.05) is 103 Å². The van der Waals surface area contributed by atoms with Crippen molar-refractivity contribution in [3.05, 3.63) is 187 Å². The summed E-state index contributed by atoms with van der Waals surface area (Å²) in [6.45, 7) is 6.59. The van der Waals surface area contributed by atoms with Crippen molar-refractivity contribution >= 4 is 39.6 Å². The van der Waals surface area contributed by atoms with Gasteiger partial charge in [0.05, 0.1) is 5.58 Å². The van der Waals surface area contributed by atoms with Gasteiger partial charge in [-0.15, -0.1) is 18.2 Å². The first-order valence-electron chi connectivity index (χ1n) is 19.7. The minimum Gasteiger partial charge on any atom is 0 e. The molecule has 0 spiro atoms. The number of benzene rings is 6. The van der Waals surface area contributed by atoms with Crippen LogP contribution in [0.5, 0.6) is 0 Å². The molecule has 0 saturated heterocycles. The Labute approximate surface area is 359 Å². The van der Waals surface area contributed by atoms with Gasteiger partial charge < -0.3 is 9.40 Å². The summed E-state index contributed by atoms with van der Waals surface area (Å²) in [7, 11) is 0. The molecule has 0 N–H and O–H groups in total. The average molecular weight is 992 g/mol. The van der Waals surface area contributed by atoms with Gasteiger partial charge in [0.15, 0.2) is 0 Å². The van der Waals surface area contributed by atoms with Crippen molar-refractivity contribution in [2.45, 2.75) is 44.0 Å². The predicted molar refractivity (Wildman–Crippen MR) is 242 cm³/mol. The molecule has 0 aliphatic carbocycles. The number of furan rings is 1. The van der Waals surface area contributed by atoms with Gasteiger partial charge in [0.1, 0.15) is 5.58 Å². The summed E-state index contributed by atoms with van der Waals surface area (Å²) in [5, 5.41) is 2.20. The van der Waals surface area contributed by atoms with Crippen LogP contribution >= 0.6 is 0 Å². The molecule has 0 amide bonds. The zero-order valence-electron chi connectivity index (χ0n) is 33.8. The molecule has 0 aliphatic heterocycles. The quantitative estimate of drug-likeness (QED) is 0.118.